The minimum absolute atomic E-state index is 0.211. The van der Waals surface area contributed by atoms with Gasteiger partial charge in [0.25, 0.3) is 5.91 Å². The summed E-state index contributed by atoms with van der Waals surface area (Å²) in [5, 5.41) is 0. The molecule has 2 aromatic rings. The average Bonchev–Trinajstić information content (AvgIpc) is 3.02. The van der Waals surface area contributed by atoms with Crippen molar-refractivity contribution in [2.45, 2.75) is 26.3 Å². The van der Waals surface area contributed by atoms with E-state index in [4.69, 9.17) is 21.7 Å². The number of hydrogen-bond acceptors (Lipinski definition) is 6. The van der Waals surface area contributed by atoms with Crippen LogP contribution in [0.5, 0.6) is 5.75 Å². The van der Waals surface area contributed by atoms with Crippen molar-refractivity contribution >= 4 is 62.2 Å². The SMILES string of the molecule is CCCOc1ccc(Br)cc1/C=C1/SC(=S)N(C(C(=O)OCC)c2ccccc2)C1=O. The maximum atomic E-state index is 13.3. The molecule has 1 aliphatic rings. The summed E-state index contributed by atoms with van der Waals surface area (Å²) in [6, 6.07) is 13.7. The van der Waals surface area contributed by atoms with Crippen LogP contribution >= 0.6 is 39.9 Å². The average molecular weight is 520 g/mol. The highest BCUT2D eigenvalue weighted by atomic mass is 79.9. The van der Waals surface area contributed by atoms with E-state index in [1.54, 1.807) is 25.1 Å². The molecule has 1 aliphatic heterocycles. The highest BCUT2D eigenvalue weighted by molar-refractivity contribution is 9.10. The molecule has 2 aromatic carbocycles. The van der Waals surface area contributed by atoms with Gasteiger partial charge in [0.15, 0.2) is 6.04 Å². The first-order valence-electron chi connectivity index (χ1n) is 9.87. The van der Waals surface area contributed by atoms with E-state index in [2.05, 4.69) is 15.9 Å². The van der Waals surface area contributed by atoms with Gasteiger partial charge in [0.05, 0.1) is 18.1 Å². The zero-order valence-electron chi connectivity index (χ0n) is 17.2. The molecule has 0 bridgehead atoms. The summed E-state index contributed by atoms with van der Waals surface area (Å²) in [4.78, 5) is 27.9. The Morgan fingerprint density at radius 2 is 1.97 bits per heavy atom. The quantitative estimate of drug-likeness (QED) is 0.251. The highest BCUT2D eigenvalue weighted by Crippen LogP contribution is 2.40. The minimum atomic E-state index is -0.933. The maximum absolute atomic E-state index is 13.3. The molecule has 5 nitrogen and oxygen atoms in total. The number of thiocarbonyl (C=S) groups is 1. The van der Waals surface area contributed by atoms with Crippen LogP contribution in [0.1, 0.15) is 37.4 Å². The first kappa shape index (κ1) is 23.5. The standard InChI is InChI=1S/C23H22BrNO4S2/c1-3-12-29-18-11-10-17(24)13-16(18)14-19-21(26)25(23(30)31-19)20(22(27)28-4-2)15-8-6-5-7-9-15/h5-11,13-14,20H,3-4,12H2,1-2H3/b19-14+. The van der Waals surface area contributed by atoms with Crippen molar-refractivity contribution in [1.29, 1.82) is 0 Å². The molecule has 31 heavy (non-hydrogen) atoms. The molecular formula is C23H22BrNO4S2. The number of benzene rings is 2. The number of carbonyl (C=O) groups is 2. The van der Waals surface area contributed by atoms with E-state index >= 15 is 0 Å². The van der Waals surface area contributed by atoms with Crippen LogP contribution in [0.15, 0.2) is 57.9 Å². The monoisotopic (exact) mass is 519 g/mol. The van der Waals surface area contributed by atoms with E-state index in [0.29, 0.717) is 27.1 Å². The third kappa shape index (κ3) is 5.56. The van der Waals surface area contributed by atoms with Gasteiger partial charge in [-0.15, -0.1) is 0 Å². The zero-order valence-corrected chi connectivity index (χ0v) is 20.4. The molecular weight excluding hydrogens is 498 g/mol. The number of halogens is 1. The summed E-state index contributed by atoms with van der Waals surface area (Å²) in [6.45, 7) is 4.54. The number of rotatable bonds is 8. The molecule has 1 heterocycles. The predicted molar refractivity (Wildman–Crippen MR) is 131 cm³/mol. The van der Waals surface area contributed by atoms with Crippen molar-refractivity contribution in [3.63, 3.8) is 0 Å². The van der Waals surface area contributed by atoms with E-state index < -0.39 is 12.0 Å². The largest absolute Gasteiger partial charge is 0.493 e. The number of hydrogen-bond donors (Lipinski definition) is 0. The summed E-state index contributed by atoms with van der Waals surface area (Å²) in [5.74, 6) is -0.167. The number of amides is 1. The molecule has 0 spiro atoms. The second-order valence-electron chi connectivity index (χ2n) is 6.65. The fourth-order valence-electron chi connectivity index (χ4n) is 3.07. The Kier molecular flexibility index (Phi) is 8.28. The molecule has 162 valence electrons. The predicted octanol–water partition coefficient (Wildman–Crippen LogP) is 5.74. The Bertz CT molecular complexity index is 1010. The van der Waals surface area contributed by atoms with E-state index in [1.165, 1.54) is 4.90 Å². The first-order chi connectivity index (χ1) is 15.0. The fraction of sp³-hybridized carbons (Fsp3) is 0.261. The van der Waals surface area contributed by atoms with Gasteiger partial charge < -0.3 is 9.47 Å². The van der Waals surface area contributed by atoms with Gasteiger partial charge in [-0.3, -0.25) is 9.69 Å². The van der Waals surface area contributed by atoms with Gasteiger partial charge in [0.1, 0.15) is 10.1 Å². The molecule has 1 amide bonds. The molecule has 0 aliphatic carbocycles. The number of esters is 1. The fourth-order valence-corrected chi connectivity index (χ4v) is 4.75. The molecule has 0 saturated carbocycles. The van der Waals surface area contributed by atoms with Crippen LogP contribution in [0.3, 0.4) is 0 Å². The van der Waals surface area contributed by atoms with Crippen LogP contribution in [-0.2, 0) is 14.3 Å². The molecule has 1 saturated heterocycles. The number of ether oxygens (including phenoxy) is 2. The minimum Gasteiger partial charge on any atom is -0.493 e. The Morgan fingerprint density at radius 1 is 1.23 bits per heavy atom. The molecule has 1 atom stereocenters. The summed E-state index contributed by atoms with van der Waals surface area (Å²) < 4.78 is 12.3. The van der Waals surface area contributed by atoms with Crippen LogP contribution in [-0.4, -0.2) is 34.3 Å². The molecule has 1 fully saturated rings. The van der Waals surface area contributed by atoms with Crippen LogP contribution in [0.25, 0.3) is 6.08 Å². The zero-order chi connectivity index (χ0) is 22.4. The maximum Gasteiger partial charge on any atom is 0.333 e. The van der Waals surface area contributed by atoms with Crippen LogP contribution in [0.2, 0.25) is 0 Å². The first-order valence-corrected chi connectivity index (χ1v) is 11.9. The van der Waals surface area contributed by atoms with Gasteiger partial charge in [-0.25, -0.2) is 4.79 Å². The van der Waals surface area contributed by atoms with Crippen molar-refractivity contribution in [2.24, 2.45) is 0 Å². The Hall–Kier alpha value is -2.16. The van der Waals surface area contributed by atoms with Gasteiger partial charge in [0.2, 0.25) is 0 Å². The van der Waals surface area contributed by atoms with Gasteiger partial charge in [-0.2, -0.15) is 0 Å². The summed E-state index contributed by atoms with van der Waals surface area (Å²) >= 11 is 10.1. The lowest BCUT2D eigenvalue weighted by Gasteiger charge is -2.25. The Labute approximate surface area is 199 Å². The normalized spacial score (nSPS) is 16.0. The van der Waals surface area contributed by atoms with Crippen molar-refractivity contribution in [1.82, 2.24) is 4.90 Å². The third-order valence-corrected chi connectivity index (χ3v) is 6.25. The molecule has 8 heteroatoms. The van der Waals surface area contributed by atoms with Gasteiger partial charge in [-0.05, 0) is 43.2 Å². The number of carbonyl (C=O) groups excluding carboxylic acids is 2. The topological polar surface area (TPSA) is 55.8 Å². The van der Waals surface area contributed by atoms with E-state index in [1.807, 2.05) is 43.3 Å². The summed E-state index contributed by atoms with van der Waals surface area (Å²) in [7, 11) is 0. The molecule has 1 unspecified atom stereocenters. The van der Waals surface area contributed by atoms with E-state index in [0.717, 1.165) is 28.2 Å². The molecule has 3 rings (SSSR count). The lowest BCUT2D eigenvalue weighted by molar-refractivity contribution is -0.151. The second kappa shape index (κ2) is 10.9. The van der Waals surface area contributed by atoms with Gasteiger partial charge >= 0.3 is 5.97 Å². The lowest BCUT2D eigenvalue weighted by atomic mass is 10.1. The van der Waals surface area contributed by atoms with E-state index in [9.17, 15) is 9.59 Å². The molecule has 0 aromatic heterocycles. The molecule has 0 radical (unpaired) electrons. The smallest absolute Gasteiger partial charge is 0.333 e. The van der Waals surface area contributed by atoms with Crippen molar-refractivity contribution in [3.05, 3.63) is 69.0 Å². The summed E-state index contributed by atoms with van der Waals surface area (Å²) in [6.07, 6.45) is 2.62. The Morgan fingerprint density at radius 3 is 2.65 bits per heavy atom. The molecule has 0 N–H and O–H groups in total. The van der Waals surface area contributed by atoms with Crippen molar-refractivity contribution < 1.29 is 19.1 Å². The highest BCUT2D eigenvalue weighted by Gasteiger charge is 2.42. The van der Waals surface area contributed by atoms with Crippen molar-refractivity contribution in [3.8, 4) is 5.75 Å². The number of thioether (sulfide) groups is 1. The Balaban J connectivity index is 1.98. The van der Waals surface area contributed by atoms with E-state index in [-0.39, 0.29) is 12.5 Å². The van der Waals surface area contributed by atoms with Crippen LogP contribution < -0.4 is 4.74 Å². The van der Waals surface area contributed by atoms with Crippen LogP contribution in [0, 0.1) is 0 Å². The van der Waals surface area contributed by atoms with Crippen molar-refractivity contribution in [2.75, 3.05) is 13.2 Å². The van der Waals surface area contributed by atoms with Crippen LogP contribution in [0.4, 0.5) is 0 Å². The van der Waals surface area contributed by atoms with Gasteiger partial charge in [-0.1, -0.05) is 77.2 Å². The second-order valence-corrected chi connectivity index (χ2v) is 9.24. The third-order valence-electron chi connectivity index (χ3n) is 4.43. The summed E-state index contributed by atoms with van der Waals surface area (Å²) in [5.41, 5.74) is 1.41. The van der Waals surface area contributed by atoms with Gasteiger partial charge in [0, 0.05) is 10.0 Å². The lowest BCUT2D eigenvalue weighted by Crippen LogP contribution is -2.38. The number of nitrogens with zero attached hydrogens (tertiary/aromatic N) is 1.